The van der Waals surface area contributed by atoms with Gasteiger partial charge in [-0.05, 0) is 32.6 Å². The minimum Gasteiger partial charge on any atom is -0.457 e. The Labute approximate surface area is 154 Å². The molecule has 0 aromatic rings. The molecule has 2 atom stereocenters. The number of hydrogen-bond donors (Lipinski definition) is 1. The first-order valence-electron chi connectivity index (χ1n) is 9.25. The van der Waals surface area contributed by atoms with Gasteiger partial charge < -0.3 is 9.47 Å². The summed E-state index contributed by atoms with van der Waals surface area (Å²) in [6.07, 6.45) is 7.55. The van der Waals surface area contributed by atoms with E-state index in [4.69, 9.17) is 9.47 Å². The summed E-state index contributed by atoms with van der Waals surface area (Å²) in [6.45, 7) is 3.81. The van der Waals surface area contributed by atoms with Crippen molar-refractivity contribution in [2.45, 2.75) is 88.6 Å². The highest BCUT2D eigenvalue weighted by atomic mass is 32.2. The molecule has 1 heterocycles. The lowest BCUT2D eigenvalue weighted by atomic mass is 10.1. The molecule has 0 aromatic heterocycles. The fourth-order valence-corrected chi connectivity index (χ4v) is 4.19. The predicted molar refractivity (Wildman–Crippen MR) is 95.0 cm³/mol. The van der Waals surface area contributed by atoms with Gasteiger partial charge in [-0.1, -0.05) is 38.7 Å². The van der Waals surface area contributed by atoms with Crippen LogP contribution in [0.1, 0.15) is 71.6 Å². The Balaban J connectivity index is 1.92. The SMILES string of the molecule is CCCCCCC/C=C(\C)C(=O)OC1([C@H]2OC(=O)C[C@@H]2S(=O)(=O)O)CC1. The summed E-state index contributed by atoms with van der Waals surface area (Å²) in [5, 5.41) is -1.38. The van der Waals surface area contributed by atoms with Crippen LogP contribution in [0.3, 0.4) is 0 Å². The lowest BCUT2D eigenvalue weighted by molar-refractivity contribution is -0.161. The number of esters is 2. The van der Waals surface area contributed by atoms with E-state index >= 15 is 0 Å². The number of unbranched alkanes of at least 4 members (excludes halogenated alkanes) is 5. The number of rotatable bonds is 10. The molecule has 0 unspecified atom stereocenters. The number of cyclic esters (lactones) is 1. The number of carbonyl (C=O) groups excluding carboxylic acids is 2. The molecule has 1 aliphatic heterocycles. The first-order valence-corrected chi connectivity index (χ1v) is 10.8. The van der Waals surface area contributed by atoms with Crippen LogP contribution in [0.15, 0.2) is 11.6 Å². The van der Waals surface area contributed by atoms with Gasteiger partial charge >= 0.3 is 11.9 Å². The Morgan fingerprint density at radius 2 is 1.96 bits per heavy atom. The van der Waals surface area contributed by atoms with Crippen LogP contribution in [0.5, 0.6) is 0 Å². The van der Waals surface area contributed by atoms with Gasteiger partial charge in [-0.25, -0.2) is 4.79 Å². The van der Waals surface area contributed by atoms with Crippen molar-refractivity contribution in [3.63, 3.8) is 0 Å². The summed E-state index contributed by atoms with van der Waals surface area (Å²) in [5.74, 6) is -1.24. The van der Waals surface area contributed by atoms with Crippen molar-refractivity contribution < 1.29 is 32.0 Å². The van der Waals surface area contributed by atoms with Crippen molar-refractivity contribution in [3.8, 4) is 0 Å². The van der Waals surface area contributed by atoms with E-state index in [1.165, 1.54) is 19.3 Å². The normalized spacial score (nSPS) is 25.0. The van der Waals surface area contributed by atoms with Gasteiger partial charge in [0.25, 0.3) is 10.1 Å². The molecule has 2 rings (SSSR count). The molecule has 0 amide bonds. The molecular weight excluding hydrogens is 360 g/mol. The van der Waals surface area contributed by atoms with Crippen molar-refractivity contribution in [2.75, 3.05) is 0 Å². The largest absolute Gasteiger partial charge is 0.457 e. The lowest BCUT2D eigenvalue weighted by Gasteiger charge is -2.25. The maximum Gasteiger partial charge on any atom is 0.334 e. The second-order valence-corrected chi connectivity index (χ2v) is 8.85. The van der Waals surface area contributed by atoms with Gasteiger partial charge in [-0.3, -0.25) is 9.35 Å². The second kappa shape index (κ2) is 8.52. The molecule has 26 heavy (non-hydrogen) atoms. The molecule has 0 radical (unpaired) electrons. The van der Waals surface area contributed by atoms with Crippen LogP contribution in [0.25, 0.3) is 0 Å². The number of carbonyl (C=O) groups is 2. The molecule has 148 valence electrons. The van der Waals surface area contributed by atoms with Crippen LogP contribution in [-0.2, 0) is 29.2 Å². The summed E-state index contributed by atoms with van der Waals surface area (Å²) in [4.78, 5) is 23.8. The van der Waals surface area contributed by atoms with E-state index in [2.05, 4.69) is 6.92 Å². The number of ether oxygens (including phenoxy) is 2. The zero-order valence-electron chi connectivity index (χ0n) is 15.4. The van der Waals surface area contributed by atoms with Crippen LogP contribution in [0, 0.1) is 0 Å². The van der Waals surface area contributed by atoms with Crippen molar-refractivity contribution in [1.29, 1.82) is 0 Å². The minimum absolute atomic E-state index is 0.410. The Morgan fingerprint density at radius 1 is 1.31 bits per heavy atom. The van der Waals surface area contributed by atoms with Gasteiger partial charge in [-0.15, -0.1) is 0 Å². The highest BCUT2D eigenvalue weighted by Crippen LogP contribution is 2.49. The second-order valence-electron chi connectivity index (χ2n) is 7.21. The van der Waals surface area contributed by atoms with E-state index in [-0.39, 0.29) is 0 Å². The minimum atomic E-state index is -4.46. The summed E-state index contributed by atoms with van der Waals surface area (Å²) >= 11 is 0. The Kier molecular flexibility index (Phi) is 6.85. The molecule has 0 bridgehead atoms. The molecule has 2 fully saturated rings. The monoisotopic (exact) mass is 388 g/mol. The van der Waals surface area contributed by atoms with E-state index in [0.717, 1.165) is 19.3 Å². The van der Waals surface area contributed by atoms with E-state index in [9.17, 15) is 22.6 Å². The lowest BCUT2D eigenvalue weighted by Crippen LogP contribution is -2.43. The maximum absolute atomic E-state index is 12.3. The van der Waals surface area contributed by atoms with Gasteiger partial charge in [-0.2, -0.15) is 8.42 Å². The Hall–Kier alpha value is -1.41. The van der Waals surface area contributed by atoms with Crippen molar-refractivity contribution in [3.05, 3.63) is 11.6 Å². The fraction of sp³-hybridized carbons (Fsp3) is 0.778. The van der Waals surface area contributed by atoms with Crippen LogP contribution in [-0.4, -0.2) is 41.9 Å². The van der Waals surface area contributed by atoms with E-state index < -0.39 is 45.4 Å². The van der Waals surface area contributed by atoms with E-state index in [1.54, 1.807) is 6.92 Å². The molecule has 2 aliphatic rings. The maximum atomic E-state index is 12.3. The molecule has 8 heteroatoms. The van der Waals surface area contributed by atoms with Crippen molar-refractivity contribution in [2.24, 2.45) is 0 Å². The highest BCUT2D eigenvalue weighted by Gasteiger charge is 2.63. The molecule has 1 aliphatic carbocycles. The summed E-state index contributed by atoms with van der Waals surface area (Å²) in [5.41, 5.74) is -0.681. The van der Waals surface area contributed by atoms with Crippen LogP contribution in [0.2, 0.25) is 0 Å². The average molecular weight is 388 g/mol. The topological polar surface area (TPSA) is 107 Å². The van der Waals surface area contributed by atoms with Crippen molar-refractivity contribution >= 4 is 22.1 Å². The van der Waals surface area contributed by atoms with E-state index in [0.29, 0.717) is 18.4 Å². The van der Waals surface area contributed by atoms with Gasteiger partial charge in [0.1, 0.15) is 5.25 Å². The molecule has 0 aromatic carbocycles. The molecule has 7 nitrogen and oxygen atoms in total. The van der Waals surface area contributed by atoms with Crippen molar-refractivity contribution in [1.82, 2.24) is 0 Å². The van der Waals surface area contributed by atoms with Gasteiger partial charge in [0.15, 0.2) is 11.7 Å². The van der Waals surface area contributed by atoms with Crippen LogP contribution >= 0.6 is 0 Å². The zero-order valence-corrected chi connectivity index (χ0v) is 16.2. The first kappa shape index (κ1) is 20.9. The Bertz CT molecular complexity index is 661. The van der Waals surface area contributed by atoms with Gasteiger partial charge in [0.2, 0.25) is 0 Å². The molecule has 0 spiro atoms. The smallest absolute Gasteiger partial charge is 0.334 e. The Morgan fingerprint density at radius 3 is 2.54 bits per heavy atom. The standard InChI is InChI=1S/C18H28O7S/c1-3-4-5-6-7-8-9-13(2)17(20)25-18(10-11-18)16-14(26(21,22)23)12-15(19)24-16/h9,14,16H,3-8,10-12H2,1-2H3,(H,21,22,23)/b13-9+/t14-,16-/m0/s1. The fourth-order valence-electron chi connectivity index (χ4n) is 3.23. The highest BCUT2D eigenvalue weighted by molar-refractivity contribution is 7.86. The molecule has 1 N–H and O–H groups in total. The summed E-state index contributed by atoms with van der Waals surface area (Å²) in [7, 11) is -4.46. The summed E-state index contributed by atoms with van der Waals surface area (Å²) in [6, 6.07) is 0. The van der Waals surface area contributed by atoms with Gasteiger partial charge in [0, 0.05) is 5.57 Å². The summed E-state index contributed by atoms with van der Waals surface area (Å²) < 4.78 is 42.9. The third-order valence-electron chi connectivity index (χ3n) is 4.98. The third kappa shape index (κ3) is 5.30. The average Bonchev–Trinajstić information content (AvgIpc) is 3.21. The molecule has 1 saturated heterocycles. The first-order chi connectivity index (χ1) is 12.2. The van der Waals surface area contributed by atoms with Crippen LogP contribution < -0.4 is 0 Å². The van der Waals surface area contributed by atoms with Crippen LogP contribution in [0.4, 0.5) is 0 Å². The number of allylic oxidation sites excluding steroid dienone is 1. The molecule has 1 saturated carbocycles. The number of hydrogen-bond acceptors (Lipinski definition) is 6. The third-order valence-corrected chi connectivity index (χ3v) is 6.16. The van der Waals surface area contributed by atoms with E-state index in [1.807, 2.05) is 6.08 Å². The quantitative estimate of drug-likeness (QED) is 0.265. The van der Waals surface area contributed by atoms with Gasteiger partial charge in [0.05, 0.1) is 6.42 Å². The molecular formula is C18H28O7S. The predicted octanol–water partition coefficient (Wildman–Crippen LogP) is 2.94. The zero-order chi connectivity index (χ0) is 19.4.